The Balaban J connectivity index is 0.818. The Kier molecular flexibility index (Phi) is 7.82. The zero-order chi connectivity index (χ0) is 44.4. The topological polar surface area (TPSA) is 236 Å². The molecule has 2 saturated carbocycles. The van der Waals surface area contributed by atoms with Crippen molar-refractivity contribution >= 4 is 66.9 Å². The number of nitrogens with two attached hydrogens (primary N) is 2. The monoisotopic (exact) mass is 890 g/mol. The number of nitrogens with zero attached hydrogens (tertiary/aromatic N) is 10. The third-order valence-electron chi connectivity index (χ3n) is 15.5. The summed E-state index contributed by atoms with van der Waals surface area (Å²) in [7, 11) is 1.77. The van der Waals surface area contributed by atoms with Crippen LogP contribution in [0.25, 0.3) is 43.9 Å². The maximum atomic E-state index is 16.8. The lowest BCUT2D eigenvalue weighted by molar-refractivity contribution is 0.213. The highest BCUT2D eigenvalue weighted by molar-refractivity contribution is 6.18. The summed E-state index contributed by atoms with van der Waals surface area (Å²) < 4.78 is 45.4. The molecule has 6 aromatic heterocycles. The number of hydrogen-bond donors (Lipinski definition) is 6. The summed E-state index contributed by atoms with van der Waals surface area (Å²) >= 11 is 0. The Hall–Kier alpha value is -7.06. The molecule has 2 aliphatic carbocycles. The van der Waals surface area contributed by atoms with Gasteiger partial charge in [-0.05, 0) is 64.0 Å². The first-order valence-electron chi connectivity index (χ1n) is 22.6. The molecule has 0 amide bonds. The average molecular weight is 891 g/mol. The van der Waals surface area contributed by atoms with Gasteiger partial charge in [0.2, 0.25) is 0 Å². The van der Waals surface area contributed by atoms with Gasteiger partial charge >= 0.3 is 12.0 Å². The van der Waals surface area contributed by atoms with Gasteiger partial charge in [0.05, 0.1) is 58.0 Å². The van der Waals surface area contributed by atoms with Crippen molar-refractivity contribution < 1.29 is 18.3 Å². The Morgan fingerprint density at radius 2 is 1.23 bits per heavy atom. The SMILES string of the molecule is CNc1cc(F)c2c3c1[nH]c1nc(Oc4cnc(C)nc4)nc(c13)N1[C@@H](C2)[C@@H]2[C@H](N)C(CNc3cc(F)c4c5c3[nH]c3nc(Oc6cnc(C)nc6)nc(c35)N3[C@@H](C4)[C@@H]4C[C@H](N)C[C@@H]43)C[C@@H]21. The normalized spacial score (nSPS) is 26.6. The molecule has 334 valence electrons. The molecule has 4 aliphatic heterocycles. The molecule has 14 rings (SSSR count). The van der Waals surface area contributed by atoms with E-state index in [9.17, 15) is 0 Å². The predicted molar refractivity (Wildman–Crippen MR) is 242 cm³/mol. The highest BCUT2D eigenvalue weighted by Crippen LogP contribution is 2.56. The van der Waals surface area contributed by atoms with Crippen molar-refractivity contribution in [1.29, 1.82) is 0 Å². The van der Waals surface area contributed by atoms with Gasteiger partial charge in [-0.3, -0.25) is 0 Å². The van der Waals surface area contributed by atoms with E-state index in [1.807, 2.05) is 0 Å². The van der Waals surface area contributed by atoms with Crippen LogP contribution in [0.1, 0.15) is 42.0 Å². The van der Waals surface area contributed by atoms with Gasteiger partial charge in [-0.15, -0.1) is 0 Å². The van der Waals surface area contributed by atoms with Crippen molar-refractivity contribution in [2.75, 3.05) is 34.0 Å². The summed E-state index contributed by atoms with van der Waals surface area (Å²) in [6, 6.07) is 3.36. The van der Waals surface area contributed by atoms with Gasteiger partial charge in [-0.1, -0.05) is 0 Å². The fourth-order valence-corrected chi connectivity index (χ4v) is 12.7. The van der Waals surface area contributed by atoms with Crippen LogP contribution in [0.2, 0.25) is 0 Å². The molecule has 9 atom stereocenters. The van der Waals surface area contributed by atoms with E-state index in [0.717, 1.165) is 51.8 Å². The van der Waals surface area contributed by atoms with Crippen LogP contribution in [0.5, 0.6) is 23.5 Å². The Morgan fingerprint density at radius 3 is 1.82 bits per heavy atom. The molecule has 18 nitrogen and oxygen atoms in total. The first-order chi connectivity index (χ1) is 32.1. The highest BCUT2D eigenvalue weighted by Gasteiger charge is 2.60. The summed E-state index contributed by atoms with van der Waals surface area (Å²) in [5.74, 6) is 3.20. The molecular weight excluding hydrogens is 847 g/mol. The standard InChI is InChI=1S/C46H44F2N16O2/c1-16-52-12-20(13-53-16)65-45-60-42-37-34-22(7-30-24-5-19(49)6-29(24)63(30)43(37)61-45)26(48)10-28(40(34)58-42)56-11-18-4-31-35(38(18)50)32-8-23-25(47)9-27(51-3)39-33(23)36-41(57-39)59-46(62-44(36)64(31)32)66-21-14-54-17(2)55-15-21/h9-10,12-15,18-19,24,29-32,35,38,51,56H,4-8,11,49-50H2,1-3H3,(H,57,59,62)(H,58,60,61)/t18?,19-,24+,29-,30-,31-,32-,35+,38+/m0/s1. The summed E-state index contributed by atoms with van der Waals surface area (Å²) in [5, 5.41) is 9.84. The molecule has 6 aliphatic rings. The van der Waals surface area contributed by atoms with Gasteiger partial charge in [0, 0.05) is 83.6 Å². The van der Waals surface area contributed by atoms with Gasteiger partial charge < -0.3 is 51.3 Å². The van der Waals surface area contributed by atoms with E-state index in [0.29, 0.717) is 93.9 Å². The van der Waals surface area contributed by atoms with Crippen LogP contribution in [0.4, 0.5) is 31.8 Å². The van der Waals surface area contributed by atoms with Crippen LogP contribution in [0, 0.1) is 43.2 Å². The zero-order valence-corrected chi connectivity index (χ0v) is 36.1. The second kappa shape index (κ2) is 13.5. The van der Waals surface area contributed by atoms with Gasteiger partial charge in [0.25, 0.3) is 0 Å². The van der Waals surface area contributed by atoms with Gasteiger partial charge in [0.1, 0.15) is 46.2 Å². The summed E-state index contributed by atoms with van der Waals surface area (Å²) in [6.07, 6.45) is 9.77. The molecule has 10 heterocycles. The fraction of sp³-hybridized carbons (Fsp3) is 0.391. The Morgan fingerprint density at radius 1 is 0.682 bits per heavy atom. The number of benzene rings is 2. The Bertz CT molecular complexity index is 3360. The minimum atomic E-state index is -0.296. The van der Waals surface area contributed by atoms with Gasteiger partial charge in [0.15, 0.2) is 11.5 Å². The van der Waals surface area contributed by atoms with Crippen LogP contribution < -0.4 is 41.4 Å². The second-order valence-corrected chi connectivity index (χ2v) is 18.9. The lowest BCUT2D eigenvalue weighted by Gasteiger charge is -2.54. The number of anilines is 4. The van der Waals surface area contributed by atoms with E-state index in [1.165, 1.54) is 6.07 Å². The van der Waals surface area contributed by atoms with Crippen LogP contribution in [-0.4, -0.2) is 99.7 Å². The van der Waals surface area contributed by atoms with Crippen molar-refractivity contribution in [1.82, 2.24) is 49.8 Å². The number of nitrogens with one attached hydrogen (secondary N) is 4. The molecule has 0 bridgehead atoms. The molecule has 1 unspecified atom stereocenters. The van der Waals surface area contributed by atoms with Gasteiger partial charge in [-0.25, -0.2) is 28.7 Å². The number of aryl methyl sites for hydroxylation is 2. The molecule has 8 aromatic rings. The predicted octanol–water partition coefficient (Wildman–Crippen LogP) is 5.68. The minimum absolute atomic E-state index is 0.00476. The first kappa shape index (κ1) is 38.2. The van der Waals surface area contributed by atoms with Crippen LogP contribution in [0.15, 0.2) is 36.9 Å². The third kappa shape index (κ3) is 5.27. The van der Waals surface area contributed by atoms with E-state index in [1.54, 1.807) is 51.7 Å². The van der Waals surface area contributed by atoms with E-state index in [-0.39, 0.29) is 71.7 Å². The number of hydrogen-bond acceptors (Lipinski definition) is 16. The van der Waals surface area contributed by atoms with E-state index >= 15 is 8.78 Å². The molecule has 2 aromatic carbocycles. The molecule has 2 saturated heterocycles. The Labute approximate surface area is 374 Å². The number of aromatic amines is 2. The number of halogens is 2. The number of rotatable bonds is 8. The van der Waals surface area contributed by atoms with Gasteiger partial charge in [-0.2, -0.15) is 19.9 Å². The van der Waals surface area contributed by atoms with Crippen LogP contribution >= 0.6 is 0 Å². The number of ether oxygens (including phenoxy) is 2. The zero-order valence-electron chi connectivity index (χ0n) is 36.1. The molecular formula is C46H44F2N16O2. The molecule has 0 spiro atoms. The molecule has 8 N–H and O–H groups in total. The summed E-state index contributed by atoms with van der Waals surface area (Å²) in [6.45, 7) is 4.08. The lowest BCUT2D eigenvalue weighted by Crippen LogP contribution is -2.66. The maximum Gasteiger partial charge on any atom is 0.326 e. The van der Waals surface area contributed by atoms with Crippen LogP contribution in [0.3, 0.4) is 0 Å². The highest BCUT2D eigenvalue weighted by atomic mass is 19.1. The number of aromatic nitrogens is 10. The second-order valence-electron chi connectivity index (χ2n) is 18.9. The number of H-pyrrole nitrogens is 2. The number of fused-ring (bicyclic) bond motifs is 10. The van der Waals surface area contributed by atoms with E-state index in [2.05, 4.69) is 50.3 Å². The smallest absolute Gasteiger partial charge is 0.326 e. The third-order valence-corrected chi connectivity index (χ3v) is 15.5. The van der Waals surface area contributed by atoms with Crippen molar-refractivity contribution in [2.45, 2.75) is 82.2 Å². The summed E-state index contributed by atoms with van der Waals surface area (Å²) in [4.78, 5) is 48.4. The van der Waals surface area contributed by atoms with Crippen molar-refractivity contribution in [3.05, 3.63) is 71.3 Å². The minimum Gasteiger partial charge on any atom is -0.421 e. The molecule has 0 radical (unpaired) electrons. The van der Waals surface area contributed by atoms with Crippen molar-refractivity contribution in [2.24, 2.45) is 29.2 Å². The maximum absolute atomic E-state index is 16.8. The molecule has 4 fully saturated rings. The summed E-state index contributed by atoms with van der Waals surface area (Å²) in [5.41, 5.74) is 18.9. The average Bonchev–Trinajstić information content (AvgIpc) is 3.99. The molecule has 20 heteroatoms. The quantitative estimate of drug-likeness (QED) is 0.108. The van der Waals surface area contributed by atoms with Crippen LogP contribution in [-0.2, 0) is 12.8 Å². The lowest BCUT2D eigenvalue weighted by atomic mass is 9.77. The van der Waals surface area contributed by atoms with E-state index < -0.39 is 0 Å². The van der Waals surface area contributed by atoms with Crippen molar-refractivity contribution in [3.8, 4) is 23.5 Å². The van der Waals surface area contributed by atoms with Crippen molar-refractivity contribution in [3.63, 3.8) is 0 Å². The molecule has 66 heavy (non-hydrogen) atoms. The largest absolute Gasteiger partial charge is 0.421 e. The fourth-order valence-electron chi connectivity index (χ4n) is 12.7. The first-order valence-corrected chi connectivity index (χ1v) is 22.6. The van der Waals surface area contributed by atoms with E-state index in [4.69, 9.17) is 40.9 Å².